The largest absolute Gasteiger partial charge is 0.481 e. The number of aliphatic carboxylic acids is 1. The molecule has 1 heterocycles. The van der Waals surface area contributed by atoms with Crippen molar-refractivity contribution in [3.63, 3.8) is 0 Å². The minimum absolute atomic E-state index is 0.00730. The van der Waals surface area contributed by atoms with Crippen LogP contribution in [0.2, 0.25) is 5.02 Å². The van der Waals surface area contributed by atoms with E-state index < -0.39 is 11.8 Å². The number of nitrogens with one attached hydrogen (secondary N) is 1. The van der Waals surface area contributed by atoms with Crippen molar-refractivity contribution in [2.45, 2.75) is 12.8 Å². The van der Waals surface area contributed by atoms with Crippen molar-refractivity contribution in [3.05, 3.63) is 40.9 Å². The van der Waals surface area contributed by atoms with Crippen LogP contribution in [0.25, 0.3) is 11.4 Å². The van der Waals surface area contributed by atoms with E-state index in [0.717, 1.165) is 0 Å². The third-order valence-electron chi connectivity index (χ3n) is 2.44. The number of halogens is 2. The molecule has 1 aromatic heterocycles. The van der Waals surface area contributed by atoms with Gasteiger partial charge < -0.3 is 10.1 Å². The molecular weight excluding hydrogens is 259 g/mol. The molecule has 6 heteroatoms. The number of imidazole rings is 1. The lowest BCUT2D eigenvalue weighted by Gasteiger charge is -2.01. The Kier molecular flexibility index (Phi) is 3.62. The van der Waals surface area contributed by atoms with Gasteiger partial charge >= 0.3 is 5.97 Å². The molecule has 0 aliphatic rings. The van der Waals surface area contributed by atoms with Crippen LogP contribution in [-0.4, -0.2) is 21.0 Å². The van der Waals surface area contributed by atoms with E-state index in [2.05, 4.69) is 9.97 Å². The first kappa shape index (κ1) is 12.6. The Morgan fingerprint density at radius 2 is 2.28 bits per heavy atom. The quantitative estimate of drug-likeness (QED) is 0.896. The molecule has 0 spiro atoms. The number of hydrogen-bond acceptors (Lipinski definition) is 2. The van der Waals surface area contributed by atoms with E-state index >= 15 is 0 Å². The first-order chi connectivity index (χ1) is 8.58. The summed E-state index contributed by atoms with van der Waals surface area (Å²) in [7, 11) is 0. The maximum atomic E-state index is 13.6. The van der Waals surface area contributed by atoms with Crippen LogP contribution in [0.5, 0.6) is 0 Å². The van der Waals surface area contributed by atoms with E-state index in [0.29, 0.717) is 17.9 Å². The number of H-pyrrole nitrogens is 1. The van der Waals surface area contributed by atoms with Crippen LogP contribution in [0.1, 0.15) is 12.1 Å². The Hall–Kier alpha value is -1.88. The summed E-state index contributed by atoms with van der Waals surface area (Å²) in [5.74, 6) is -1.06. The summed E-state index contributed by atoms with van der Waals surface area (Å²) in [6.07, 6.45) is 1.79. The van der Waals surface area contributed by atoms with Gasteiger partial charge in [0.2, 0.25) is 0 Å². The lowest BCUT2D eigenvalue weighted by Crippen LogP contribution is -1.97. The molecule has 0 bridgehead atoms. The van der Waals surface area contributed by atoms with Gasteiger partial charge in [-0.25, -0.2) is 9.37 Å². The highest BCUT2D eigenvalue weighted by Crippen LogP contribution is 2.28. The third kappa shape index (κ3) is 2.68. The minimum Gasteiger partial charge on any atom is -0.481 e. The topological polar surface area (TPSA) is 66.0 Å². The molecule has 4 nitrogen and oxygen atoms in total. The second kappa shape index (κ2) is 5.18. The summed E-state index contributed by atoms with van der Waals surface area (Å²) in [6, 6.07) is 4.37. The summed E-state index contributed by atoms with van der Waals surface area (Å²) < 4.78 is 13.6. The molecule has 0 amide bonds. The first-order valence-electron chi connectivity index (χ1n) is 5.28. The third-order valence-corrected chi connectivity index (χ3v) is 2.75. The van der Waals surface area contributed by atoms with E-state index in [-0.39, 0.29) is 17.0 Å². The van der Waals surface area contributed by atoms with E-state index in [9.17, 15) is 9.18 Å². The number of aromatic amines is 1. The van der Waals surface area contributed by atoms with Crippen molar-refractivity contribution in [1.29, 1.82) is 0 Å². The van der Waals surface area contributed by atoms with Gasteiger partial charge in [0, 0.05) is 11.9 Å². The Labute approximate surface area is 107 Å². The molecule has 0 radical (unpaired) electrons. The van der Waals surface area contributed by atoms with Crippen LogP contribution in [0, 0.1) is 5.82 Å². The van der Waals surface area contributed by atoms with E-state index in [1.54, 1.807) is 6.07 Å². The lowest BCUT2D eigenvalue weighted by molar-refractivity contribution is -0.136. The van der Waals surface area contributed by atoms with E-state index in [4.69, 9.17) is 16.7 Å². The predicted octanol–water partition coefficient (Wildman–Crippen LogP) is 2.89. The molecular formula is C12H10ClFN2O2. The molecule has 0 atom stereocenters. The van der Waals surface area contributed by atoms with Crippen molar-refractivity contribution >= 4 is 17.6 Å². The normalized spacial score (nSPS) is 10.6. The number of benzene rings is 1. The number of rotatable bonds is 4. The monoisotopic (exact) mass is 268 g/mol. The molecule has 2 N–H and O–H groups in total. The van der Waals surface area contributed by atoms with Gasteiger partial charge in [0.15, 0.2) is 0 Å². The van der Waals surface area contributed by atoms with E-state index in [1.807, 2.05) is 0 Å². The van der Waals surface area contributed by atoms with Gasteiger partial charge in [-0.2, -0.15) is 0 Å². The fraction of sp³-hybridized carbons (Fsp3) is 0.167. The summed E-state index contributed by atoms with van der Waals surface area (Å²) in [4.78, 5) is 17.3. The summed E-state index contributed by atoms with van der Waals surface area (Å²) in [6.45, 7) is 0. The second-order valence-electron chi connectivity index (χ2n) is 3.75. The fourth-order valence-electron chi connectivity index (χ4n) is 1.58. The zero-order valence-electron chi connectivity index (χ0n) is 9.28. The van der Waals surface area contributed by atoms with Gasteiger partial charge in [-0.15, -0.1) is 0 Å². The molecule has 0 saturated carbocycles. The Morgan fingerprint density at radius 3 is 2.94 bits per heavy atom. The molecule has 18 heavy (non-hydrogen) atoms. The molecule has 1 aromatic carbocycles. The van der Waals surface area contributed by atoms with Gasteiger partial charge in [-0.1, -0.05) is 17.7 Å². The lowest BCUT2D eigenvalue weighted by atomic mass is 10.2. The molecule has 2 aromatic rings. The number of aryl methyl sites for hydroxylation is 1. The number of nitrogens with zero attached hydrogens (tertiary/aromatic N) is 1. The Bertz CT molecular complexity index is 563. The van der Waals surface area contributed by atoms with Crippen molar-refractivity contribution in [3.8, 4) is 11.4 Å². The highest BCUT2D eigenvalue weighted by Gasteiger charge is 2.13. The van der Waals surface area contributed by atoms with Crippen molar-refractivity contribution in [1.82, 2.24) is 9.97 Å². The molecule has 0 saturated heterocycles. The molecule has 0 fully saturated rings. The predicted molar refractivity (Wildman–Crippen MR) is 64.9 cm³/mol. The highest BCUT2D eigenvalue weighted by atomic mass is 35.5. The number of hydrogen-bond donors (Lipinski definition) is 2. The maximum absolute atomic E-state index is 13.6. The average molecular weight is 269 g/mol. The number of aromatic nitrogens is 2. The minimum atomic E-state index is -0.893. The zero-order chi connectivity index (χ0) is 13.1. The molecule has 2 rings (SSSR count). The maximum Gasteiger partial charge on any atom is 0.303 e. The number of carboxylic acids is 1. The molecule has 0 aliphatic heterocycles. The van der Waals surface area contributed by atoms with Crippen molar-refractivity contribution in [2.75, 3.05) is 0 Å². The molecule has 94 valence electrons. The average Bonchev–Trinajstić information content (AvgIpc) is 2.75. The first-order valence-corrected chi connectivity index (χ1v) is 5.66. The van der Waals surface area contributed by atoms with Gasteiger partial charge in [0.25, 0.3) is 0 Å². The summed E-state index contributed by atoms with van der Waals surface area (Å²) in [5.41, 5.74) is 0.826. The number of carbonyl (C=O) groups is 1. The molecule has 0 unspecified atom stereocenters. The highest BCUT2D eigenvalue weighted by molar-refractivity contribution is 6.33. The number of carboxylic acid groups (broad SMARTS) is 1. The van der Waals surface area contributed by atoms with Crippen molar-refractivity contribution in [2.24, 2.45) is 0 Å². The van der Waals surface area contributed by atoms with Crippen LogP contribution in [0.3, 0.4) is 0 Å². The Morgan fingerprint density at radius 1 is 1.50 bits per heavy atom. The summed E-state index contributed by atoms with van der Waals surface area (Å²) in [5, 5.41) is 8.83. The zero-order valence-corrected chi connectivity index (χ0v) is 10.0. The fourth-order valence-corrected chi connectivity index (χ4v) is 1.83. The van der Waals surface area contributed by atoms with Crippen molar-refractivity contribution < 1.29 is 14.3 Å². The van der Waals surface area contributed by atoms with Gasteiger partial charge in [-0.05, 0) is 18.6 Å². The van der Waals surface area contributed by atoms with Crippen LogP contribution in [0.4, 0.5) is 4.39 Å². The Balaban J connectivity index is 2.27. The van der Waals surface area contributed by atoms with Gasteiger partial charge in [-0.3, -0.25) is 4.79 Å². The van der Waals surface area contributed by atoms with Crippen LogP contribution in [0.15, 0.2) is 24.4 Å². The van der Waals surface area contributed by atoms with Gasteiger partial charge in [0.1, 0.15) is 11.6 Å². The smallest absolute Gasteiger partial charge is 0.303 e. The summed E-state index contributed by atoms with van der Waals surface area (Å²) >= 11 is 5.91. The second-order valence-corrected chi connectivity index (χ2v) is 4.15. The SMILES string of the molecule is O=C(O)CCc1cnc(-c2c(F)cccc2Cl)[nH]1. The van der Waals surface area contributed by atoms with Crippen LogP contribution < -0.4 is 0 Å². The van der Waals surface area contributed by atoms with Crippen LogP contribution >= 0.6 is 11.6 Å². The standard InChI is InChI=1S/C12H10ClFN2O2/c13-8-2-1-3-9(14)11(8)12-15-6-7(16-12)4-5-10(17)18/h1-3,6H,4-5H2,(H,15,16)(H,17,18). The van der Waals surface area contributed by atoms with E-state index in [1.165, 1.54) is 18.3 Å². The molecule has 0 aliphatic carbocycles. The van der Waals surface area contributed by atoms with Gasteiger partial charge in [0.05, 0.1) is 17.0 Å². The van der Waals surface area contributed by atoms with Crippen LogP contribution in [-0.2, 0) is 11.2 Å².